The van der Waals surface area contributed by atoms with Crippen molar-refractivity contribution in [1.29, 1.82) is 0 Å². The Bertz CT molecular complexity index is 481. The molecule has 0 bridgehead atoms. The summed E-state index contributed by atoms with van der Waals surface area (Å²) in [5.74, 6) is -2.44. The molecule has 3 fully saturated rings. The van der Waals surface area contributed by atoms with Crippen LogP contribution >= 0.6 is 0 Å². The average Bonchev–Trinajstić information content (AvgIpc) is 2.80. The van der Waals surface area contributed by atoms with Gasteiger partial charge in [0.05, 0.1) is 18.4 Å². The van der Waals surface area contributed by atoms with Gasteiger partial charge in [-0.2, -0.15) is 4.31 Å². The van der Waals surface area contributed by atoms with E-state index in [9.17, 15) is 17.2 Å². The van der Waals surface area contributed by atoms with E-state index >= 15 is 0 Å². The summed E-state index contributed by atoms with van der Waals surface area (Å²) < 4.78 is 57.3. The minimum atomic E-state index is -3.35. The molecule has 1 unspecified atom stereocenters. The summed E-state index contributed by atoms with van der Waals surface area (Å²) in [5, 5.41) is 0. The number of halogens is 2. The highest BCUT2D eigenvalue weighted by molar-refractivity contribution is 7.88. The Morgan fingerprint density at radius 3 is 2.58 bits per heavy atom. The minimum Gasteiger partial charge on any atom is -0.363 e. The first-order valence-corrected chi connectivity index (χ1v) is 8.50. The van der Waals surface area contributed by atoms with Crippen LogP contribution in [0.2, 0.25) is 0 Å². The van der Waals surface area contributed by atoms with E-state index in [1.807, 2.05) is 0 Å². The van der Waals surface area contributed by atoms with Gasteiger partial charge < -0.3 is 4.74 Å². The Labute approximate surface area is 112 Å². The first kappa shape index (κ1) is 13.7. The number of hydrogen-bond donors (Lipinski definition) is 0. The second kappa shape index (κ2) is 4.11. The van der Waals surface area contributed by atoms with E-state index in [-0.39, 0.29) is 31.4 Å². The maximum atomic E-state index is 13.5. The van der Waals surface area contributed by atoms with Crippen LogP contribution in [-0.2, 0) is 14.8 Å². The third-order valence-corrected chi connectivity index (χ3v) is 6.19. The normalized spacial score (nSPS) is 42.7. The fourth-order valence-electron chi connectivity index (χ4n) is 4.15. The molecule has 0 aromatic rings. The molecule has 0 N–H and O–H groups in total. The molecule has 3 rings (SSSR count). The third-order valence-electron chi connectivity index (χ3n) is 4.90. The molecule has 0 amide bonds. The second-order valence-corrected chi connectivity index (χ2v) is 8.25. The SMILES string of the molecule is CS(=O)(=O)N1COCC12C[C@@H]1CCC(F)(F)C[C@H]1C2. The number of nitrogens with zero attached hydrogens (tertiary/aromatic N) is 1. The first-order chi connectivity index (χ1) is 8.72. The number of rotatable bonds is 1. The molecule has 0 aromatic carbocycles. The van der Waals surface area contributed by atoms with E-state index in [0.717, 1.165) is 0 Å². The zero-order valence-electron chi connectivity index (χ0n) is 10.9. The molecule has 0 aromatic heterocycles. The Hall–Kier alpha value is -0.270. The molecule has 1 aliphatic heterocycles. The van der Waals surface area contributed by atoms with Crippen LogP contribution in [0.1, 0.15) is 32.1 Å². The Morgan fingerprint density at radius 2 is 1.89 bits per heavy atom. The lowest BCUT2D eigenvalue weighted by atomic mass is 9.80. The van der Waals surface area contributed by atoms with Crippen molar-refractivity contribution in [3.8, 4) is 0 Å². The molecule has 1 saturated heterocycles. The Balaban J connectivity index is 1.85. The van der Waals surface area contributed by atoms with Gasteiger partial charge in [0.15, 0.2) is 0 Å². The lowest BCUT2D eigenvalue weighted by Crippen LogP contribution is -2.47. The molecule has 7 heteroatoms. The van der Waals surface area contributed by atoms with Crippen LogP contribution in [0.4, 0.5) is 8.78 Å². The van der Waals surface area contributed by atoms with E-state index in [1.165, 1.54) is 10.6 Å². The van der Waals surface area contributed by atoms with Gasteiger partial charge in [0, 0.05) is 12.8 Å². The molecule has 19 heavy (non-hydrogen) atoms. The predicted molar refractivity (Wildman–Crippen MR) is 65.2 cm³/mol. The largest absolute Gasteiger partial charge is 0.363 e. The van der Waals surface area contributed by atoms with Crippen LogP contribution in [0, 0.1) is 11.8 Å². The highest BCUT2D eigenvalue weighted by atomic mass is 32.2. The van der Waals surface area contributed by atoms with Crippen molar-refractivity contribution in [3.63, 3.8) is 0 Å². The minimum absolute atomic E-state index is 0.0642. The van der Waals surface area contributed by atoms with Crippen molar-refractivity contribution in [2.24, 2.45) is 11.8 Å². The van der Waals surface area contributed by atoms with Crippen LogP contribution in [0.25, 0.3) is 0 Å². The fourth-order valence-corrected chi connectivity index (χ4v) is 5.32. The number of hydrogen-bond acceptors (Lipinski definition) is 3. The van der Waals surface area contributed by atoms with Crippen LogP contribution in [0.15, 0.2) is 0 Å². The molecule has 4 nitrogen and oxygen atoms in total. The van der Waals surface area contributed by atoms with Gasteiger partial charge in [0.1, 0.15) is 6.73 Å². The summed E-state index contributed by atoms with van der Waals surface area (Å²) >= 11 is 0. The van der Waals surface area contributed by atoms with Crippen LogP contribution < -0.4 is 0 Å². The van der Waals surface area contributed by atoms with Gasteiger partial charge in [-0.3, -0.25) is 0 Å². The van der Waals surface area contributed by atoms with Gasteiger partial charge in [-0.15, -0.1) is 0 Å². The molecule has 1 spiro atoms. The molecular formula is C12H19F2NO3S. The average molecular weight is 295 g/mol. The molecular weight excluding hydrogens is 276 g/mol. The summed E-state index contributed by atoms with van der Waals surface area (Å²) in [6.45, 7) is 0.410. The summed E-state index contributed by atoms with van der Waals surface area (Å²) in [4.78, 5) is 0. The van der Waals surface area contributed by atoms with E-state index in [2.05, 4.69) is 0 Å². The van der Waals surface area contributed by atoms with Crippen molar-refractivity contribution in [2.45, 2.75) is 43.6 Å². The standard InChI is InChI=1S/C12H19F2NO3S/c1-19(16,17)15-8-18-7-11(15)4-9-2-3-12(13,14)6-10(9)5-11/h9-10H,2-8H2,1H3/t9-,10+,11?/m0/s1. The topological polar surface area (TPSA) is 46.6 Å². The van der Waals surface area contributed by atoms with Gasteiger partial charge in [-0.25, -0.2) is 17.2 Å². The number of sulfonamides is 1. The summed E-state index contributed by atoms with van der Waals surface area (Å²) in [6.07, 6.45) is 2.68. The molecule has 2 aliphatic carbocycles. The monoisotopic (exact) mass is 295 g/mol. The highest BCUT2D eigenvalue weighted by Crippen LogP contribution is 2.54. The molecule has 1 heterocycles. The molecule has 3 aliphatic rings. The lowest BCUT2D eigenvalue weighted by Gasteiger charge is -2.31. The molecule has 2 saturated carbocycles. The first-order valence-electron chi connectivity index (χ1n) is 6.65. The van der Waals surface area contributed by atoms with E-state index in [1.54, 1.807) is 0 Å². The van der Waals surface area contributed by atoms with Crippen LogP contribution in [-0.4, -0.2) is 43.8 Å². The third kappa shape index (κ3) is 2.29. The van der Waals surface area contributed by atoms with Gasteiger partial charge in [-0.05, 0) is 31.1 Å². The smallest absolute Gasteiger partial charge is 0.248 e. The fraction of sp³-hybridized carbons (Fsp3) is 1.00. The summed E-state index contributed by atoms with van der Waals surface area (Å²) in [6, 6.07) is 0. The molecule has 0 radical (unpaired) electrons. The maximum Gasteiger partial charge on any atom is 0.248 e. The second-order valence-electron chi connectivity index (χ2n) is 6.34. The van der Waals surface area contributed by atoms with Crippen LogP contribution in [0.5, 0.6) is 0 Å². The van der Waals surface area contributed by atoms with Crippen LogP contribution in [0.3, 0.4) is 0 Å². The zero-order valence-corrected chi connectivity index (χ0v) is 11.8. The molecule has 3 atom stereocenters. The number of alkyl halides is 2. The summed E-state index contributed by atoms with van der Waals surface area (Å²) in [5.41, 5.74) is -0.566. The van der Waals surface area contributed by atoms with Crippen molar-refractivity contribution < 1.29 is 21.9 Å². The van der Waals surface area contributed by atoms with Gasteiger partial charge in [0.2, 0.25) is 15.9 Å². The van der Waals surface area contributed by atoms with Crippen molar-refractivity contribution in [3.05, 3.63) is 0 Å². The van der Waals surface area contributed by atoms with Crippen molar-refractivity contribution in [2.75, 3.05) is 19.6 Å². The maximum absolute atomic E-state index is 13.5. The van der Waals surface area contributed by atoms with Gasteiger partial charge in [0.25, 0.3) is 0 Å². The number of fused-ring (bicyclic) bond motifs is 1. The Kier molecular flexibility index (Phi) is 2.97. The lowest BCUT2D eigenvalue weighted by molar-refractivity contribution is -0.0635. The van der Waals surface area contributed by atoms with Crippen molar-refractivity contribution >= 4 is 10.0 Å². The van der Waals surface area contributed by atoms with E-state index in [0.29, 0.717) is 25.9 Å². The van der Waals surface area contributed by atoms with Gasteiger partial charge in [-0.1, -0.05) is 0 Å². The van der Waals surface area contributed by atoms with Crippen molar-refractivity contribution in [1.82, 2.24) is 4.31 Å². The van der Waals surface area contributed by atoms with E-state index < -0.39 is 21.5 Å². The Morgan fingerprint density at radius 1 is 1.21 bits per heavy atom. The highest BCUT2D eigenvalue weighted by Gasteiger charge is 2.57. The number of ether oxygens (including phenoxy) is 1. The summed E-state index contributed by atoms with van der Waals surface area (Å²) in [7, 11) is -3.35. The van der Waals surface area contributed by atoms with E-state index in [4.69, 9.17) is 4.74 Å². The zero-order chi connectivity index (χ0) is 13.9. The van der Waals surface area contributed by atoms with Gasteiger partial charge >= 0.3 is 0 Å². The predicted octanol–water partition coefficient (Wildman–Crippen LogP) is 1.82. The molecule has 110 valence electrons. The quantitative estimate of drug-likeness (QED) is 0.741.